The van der Waals surface area contributed by atoms with E-state index in [2.05, 4.69) is 5.32 Å². The minimum absolute atomic E-state index is 0.138. The number of aromatic nitrogens is 1. The summed E-state index contributed by atoms with van der Waals surface area (Å²) in [4.78, 5) is 40.4. The average Bonchev–Trinajstić information content (AvgIpc) is 3.54. The van der Waals surface area contributed by atoms with Gasteiger partial charge in [0.15, 0.2) is 0 Å². The van der Waals surface area contributed by atoms with Crippen LogP contribution in [0.5, 0.6) is 0 Å². The number of aryl methyl sites for hydroxylation is 1. The van der Waals surface area contributed by atoms with Crippen molar-refractivity contribution in [3.8, 4) is 0 Å². The molecule has 3 aromatic rings. The van der Waals surface area contributed by atoms with Gasteiger partial charge in [-0.3, -0.25) is 14.5 Å². The summed E-state index contributed by atoms with van der Waals surface area (Å²) < 4.78 is 7.33. The fourth-order valence-corrected chi connectivity index (χ4v) is 5.88. The van der Waals surface area contributed by atoms with Crippen molar-refractivity contribution in [3.63, 3.8) is 0 Å². The average molecular weight is 544 g/mol. The number of benzene rings is 2. The highest BCUT2D eigenvalue weighted by atomic mass is 16.6. The third kappa shape index (κ3) is 5.97. The molecule has 3 heterocycles. The van der Waals surface area contributed by atoms with E-state index in [9.17, 15) is 19.5 Å². The lowest BCUT2D eigenvalue weighted by Gasteiger charge is -2.35. The highest BCUT2D eigenvalue weighted by molar-refractivity contribution is 5.94. The first kappa shape index (κ1) is 27.6. The minimum atomic E-state index is -0.815. The third-order valence-corrected chi connectivity index (χ3v) is 7.71. The normalized spacial score (nSPS) is 21.1. The molecule has 4 atom stereocenters. The van der Waals surface area contributed by atoms with Gasteiger partial charge in [-0.15, -0.1) is 0 Å². The van der Waals surface area contributed by atoms with Crippen LogP contribution in [0.2, 0.25) is 0 Å². The van der Waals surface area contributed by atoms with Gasteiger partial charge < -0.3 is 19.7 Å². The molecule has 2 aromatic carbocycles. The van der Waals surface area contributed by atoms with E-state index in [1.807, 2.05) is 81.4 Å². The van der Waals surface area contributed by atoms with Gasteiger partial charge >= 0.3 is 6.09 Å². The first-order valence-corrected chi connectivity index (χ1v) is 14.0. The number of aliphatic hydroxyl groups is 1. The van der Waals surface area contributed by atoms with Crippen molar-refractivity contribution in [2.75, 3.05) is 5.32 Å². The molecule has 2 N–H and O–H groups in total. The molecular formula is C32H37N3O5. The van der Waals surface area contributed by atoms with Crippen LogP contribution >= 0.6 is 0 Å². The monoisotopic (exact) mass is 543 g/mol. The van der Waals surface area contributed by atoms with Gasteiger partial charge in [-0.1, -0.05) is 48.5 Å². The summed E-state index contributed by atoms with van der Waals surface area (Å²) >= 11 is 0. The molecule has 1 aromatic heterocycles. The molecule has 2 aliphatic rings. The quantitative estimate of drug-likeness (QED) is 0.455. The SMILES string of the molecule is CC(C)(C)OC(=O)N1[C@H](Cc2ccc(NC(=O)[C@H]3CCc4cccc(=O)n43)cc2)CC[C@@H]1[C@H](O)c1ccccc1. The molecule has 0 radical (unpaired) electrons. The summed E-state index contributed by atoms with van der Waals surface area (Å²) in [6.07, 6.45) is 2.05. The predicted molar refractivity (Wildman–Crippen MR) is 153 cm³/mol. The number of fused-ring (bicyclic) bond motifs is 1. The smallest absolute Gasteiger partial charge is 0.410 e. The van der Waals surface area contributed by atoms with Gasteiger partial charge in [0.1, 0.15) is 11.6 Å². The molecule has 0 spiro atoms. The summed E-state index contributed by atoms with van der Waals surface area (Å²) in [6, 6.07) is 21.0. The summed E-state index contributed by atoms with van der Waals surface area (Å²) in [5, 5.41) is 14.1. The van der Waals surface area contributed by atoms with Crippen LogP contribution in [-0.4, -0.2) is 44.3 Å². The van der Waals surface area contributed by atoms with Crippen molar-refractivity contribution in [3.05, 3.63) is 100.0 Å². The fourth-order valence-electron chi connectivity index (χ4n) is 5.88. The maximum absolute atomic E-state index is 13.3. The van der Waals surface area contributed by atoms with Crippen molar-refractivity contribution in [1.82, 2.24) is 9.47 Å². The van der Waals surface area contributed by atoms with Gasteiger partial charge in [-0.2, -0.15) is 0 Å². The summed E-state index contributed by atoms with van der Waals surface area (Å²) in [7, 11) is 0. The summed E-state index contributed by atoms with van der Waals surface area (Å²) in [6.45, 7) is 5.52. The molecule has 0 unspecified atom stereocenters. The Kier molecular flexibility index (Phi) is 7.81. The van der Waals surface area contributed by atoms with Gasteiger partial charge in [0.05, 0.1) is 12.1 Å². The molecule has 5 rings (SSSR count). The summed E-state index contributed by atoms with van der Waals surface area (Å²) in [5.41, 5.74) is 2.50. The number of ether oxygens (including phenoxy) is 1. The van der Waals surface area contributed by atoms with Crippen molar-refractivity contribution >= 4 is 17.7 Å². The number of aliphatic hydroxyl groups excluding tert-OH is 1. The number of amides is 2. The Bertz CT molecular complexity index is 1410. The van der Waals surface area contributed by atoms with Crippen LogP contribution in [0.4, 0.5) is 10.5 Å². The van der Waals surface area contributed by atoms with Crippen LogP contribution in [0.1, 0.15) is 69.0 Å². The van der Waals surface area contributed by atoms with Crippen LogP contribution in [0.3, 0.4) is 0 Å². The Labute approximate surface area is 234 Å². The lowest BCUT2D eigenvalue weighted by atomic mass is 10.0. The second-order valence-electron chi connectivity index (χ2n) is 11.7. The number of nitrogens with one attached hydrogen (secondary N) is 1. The first-order valence-electron chi connectivity index (χ1n) is 14.0. The Morgan fingerprint density at radius 3 is 2.40 bits per heavy atom. The molecule has 0 saturated carbocycles. The Morgan fingerprint density at radius 2 is 1.70 bits per heavy atom. The van der Waals surface area contributed by atoms with E-state index in [4.69, 9.17) is 4.74 Å². The number of nitrogens with zero attached hydrogens (tertiary/aromatic N) is 2. The molecule has 40 heavy (non-hydrogen) atoms. The number of hydrogen-bond acceptors (Lipinski definition) is 5. The molecule has 2 aliphatic heterocycles. The maximum Gasteiger partial charge on any atom is 0.410 e. The number of anilines is 1. The van der Waals surface area contributed by atoms with Gasteiger partial charge in [0.2, 0.25) is 5.91 Å². The molecule has 8 heteroatoms. The lowest BCUT2D eigenvalue weighted by Crippen LogP contribution is -2.47. The lowest BCUT2D eigenvalue weighted by molar-refractivity contribution is -0.119. The number of hydrogen-bond donors (Lipinski definition) is 2. The maximum atomic E-state index is 13.3. The third-order valence-electron chi connectivity index (χ3n) is 7.71. The van der Waals surface area contributed by atoms with E-state index in [0.29, 0.717) is 31.4 Å². The van der Waals surface area contributed by atoms with Crippen LogP contribution < -0.4 is 10.9 Å². The van der Waals surface area contributed by atoms with E-state index >= 15 is 0 Å². The van der Waals surface area contributed by atoms with Gasteiger partial charge in [0, 0.05) is 23.5 Å². The van der Waals surface area contributed by atoms with Crippen molar-refractivity contribution in [2.24, 2.45) is 0 Å². The summed E-state index contributed by atoms with van der Waals surface area (Å²) in [5.74, 6) is -0.204. The highest BCUT2D eigenvalue weighted by Gasteiger charge is 2.43. The molecule has 8 nitrogen and oxygen atoms in total. The zero-order valence-corrected chi connectivity index (χ0v) is 23.2. The molecule has 0 aliphatic carbocycles. The second kappa shape index (κ2) is 11.3. The van der Waals surface area contributed by atoms with E-state index in [1.165, 1.54) is 6.07 Å². The molecule has 210 valence electrons. The Morgan fingerprint density at radius 1 is 0.975 bits per heavy atom. The number of pyridine rings is 1. The Balaban J connectivity index is 1.28. The highest BCUT2D eigenvalue weighted by Crippen LogP contribution is 2.36. The van der Waals surface area contributed by atoms with Gasteiger partial charge in [-0.05, 0) is 82.2 Å². The molecular weight excluding hydrogens is 506 g/mol. The van der Waals surface area contributed by atoms with E-state index < -0.39 is 29.9 Å². The van der Waals surface area contributed by atoms with Gasteiger partial charge in [0.25, 0.3) is 5.56 Å². The first-order chi connectivity index (χ1) is 19.1. The van der Waals surface area contributed by atoms with E-state index in [-0.39, 0.29) is 17.5 Å². The molecule has 1 fully saturated rings. The molecule has 1 saturated heterocycles. The minimum Gasteiger partial charge on any atom is -0.444 e. The van der Waals surface area contributed by atoms with Crippen molar-refractivity contribution in [2.45, 2.75) is 82.7 Å². The van der Waals surface area contributed by atoms with E-state index in [1.54, 1.807) is 15.5 Å². The molecule has 2 amide bonds. The topological polar surface area (TPSA) is 101 Å². The zero-order chi connectivity index (χ0) is 28.4. The number of rotatable bonds is 6. The van der Waals surface area contributed by atoms with Crippen LogP contribution in [0.25, 0.3) is 0 Å². The van der Waals surface area contributed by atoms with Crippen molar-refractivity contribution in [1.29, 1.82) is 0 Å². The standard InChI is InChI=1S/C32H37N3O5/c1-32(2,3)40-31(39)35-25(17-18-26(35)29(37)22-8-5-4-6-9-22)20-21-12-14-23(15-13-21)33-30(38)27-19-16-24-10-7-11-28(36)34(24)27/h4-15,25-27,29,37H,16-20H2,1-3H3,(H,33,38)/t25-,26+,27+,29+/m0/s1. The Hall–Kier alpha value is -3.91. The second-order valence-corrected chi connectivity index (χ2v) is 11.7. The predicted octanol–water partition coefficient (Wildman–Crippen LogP) is 5.02. The number of carbonyl (C=O) groups is 2. The largest absolute Gasteiger partial charge is 0.444 e. The van der Waals surface area contributed by atoms with Crippen LogP contribution in [-0.2, 0) is 22.4 Å². The van der Waals surface area contributed by atoms with Crippen LogP contribution in [0.15, 0.2) is 77.6 Å². The number of likely N-dealkylation sites (tertiary alicyclic amines) is 1. The number of carbonyl (C=O) groups excluding carboxylic acids is 2. The van der Waals surface area contributed by atoms with Crippen LogP contribution in [0, 0.1) is 0 Å². The van der Waals surface area contributed by atoms with E-state index in [0.717, 1.165) is 23.2 Å². The zero-order valence-electron chi connectivity index (χ0n) is 23.2. The molecule has 0 bridgehead atoms. The van der Waals surface area contributed by atoms with Gasteiger partial charge in [-0.25, -0.2) is 4.79 Å². The fraction of sp³-hybridized carbons (Fsp3) is 0.406. The van der Waals surface area contributed by atoms with Crippen molar-refractivity contribution < 1.29 is 19.4 Å².